The summed E-state index contributed by atoms with van der Waals surface area (Å²) in [6.07, 6.45) is 4.91. The van der Waals surface area contributed by atoms with E-state index < -0.39 is 0 Å². The van der Waals surface area contributed by atoms with Crippen molar-refractivity contribution in [3.8, 4) is 5.88 Å². The molecule has 0 atom stereocenters. The second-order valence-corrected chi connectivity index (χ2v) is 4.86. The molecule has 1 aromatic rings. The molecule has 0 radical (unpaired) electrons. The molecule has 1 aromatic heterocycles. The summed E-state index contributed by atoms with van der Waals surface area (Å²) in [6, 6.07) is 2.26. The predicted molar refractivity (Wildman–Crippen MR) is 74.9 cm³/mol. The maximum Gasteiger partial charge on any atom is 0.232 e. The van der Waals surface area contributed by atoms with Crippen LogP contribution in [-0.2, 0) is 0 Å². The Kier molecular flexibility index (Phi) is 4.30. The van der Waals surface area contributed by atoms with Crippen molar-refractivity contribution in [2.45, 2.75) is 38.6 Å². The zero-order chi connectivity index (χ0) is 13.0. The Hall–Kier alpha value is -1.43. The molecule has 1 saturated carbocycles. The van der Waals surface area contributed by atoms with Crippen LogP contribution < -0.4 is 15.4 Å². The molecule has 2 N–H and O–H groups in total. The SMILES string of the molecule is COc1cc(C)nc(NC(=S)NC2CCCC2)n1. The third kappa shape index (κ3) is 3.53. The van der Waals surface area contributed by atoms with Crippen molar-refractivity contribution in [3.63, 3.8) is 0 Å². The summed E-state index contributed by atoms with van der Waals surface area (Å²) in [5, 5.41) is 6.86. The van der Waals surface area contributed by atoms with Crippen molar-refractivity contribution in [2.24, 2.45) is 0 Å². The van der Waals surface area contributed by atoms with Crippen LogP contribution in [0, 0.1) is 6.92 Å². The molecule has 0 aliphatic heterocycles. The molecule has 0 unspecified atom stereocenters. The van der Waals surface area contributed by atoms with E-state index in [1.807, 2.05) is 6.92 Å². The molecule has 1 aliphatic rings. The largest absolute Gasteiger partial charge is 0.481 e. The molecular weight excluding hydrogens is 248 g/mol. The summed E-state index contributed by atoms with van der Waals surface area (Å²) in [4.78, 5) is 8.46. The van der Waals surface area contributed by atoms with Crippen LogP contribution >= 0.6 is 12.2 Å². The van der Waals surface area contributed by atoms with Gasteiger partial charge in [-0.2, -0.15) is 4.98 Å². The lowest BCUT2D eigenvalue weighted by atomic mass is 10.3. The van der Waals surface area contributed by atoms with Gasteiger partial charge in [-0.15, -0.1) is 0 Å². The van der Waals surface area contributed by atoms with E-state index in [4.69, 9.17) is 17.0 Å². The summed E-state index contributed by atoms with van der Waals surface area (Å²) in [6.45, 7) is 1.89. The first-order valence-corrected chi connectivity index (χ1v) is 6.55. The van der Waals surface area contributed by atoms with Crippen LogP contribution in [0.1, 0.15) is 31.4 Å². The number of aromatic nitrogens is 2. The number of nitrogens with one attached hydrogen (secondary N) is 2. The van der Waals surface area contributed by atoms with Gasteiger partial charge in [-0.25, -0.2) is 4.98 Å². The minimum Gasteiger partial charge on any atom is -0.481 e. The topological polar surface area (TPSA) is 59.1 Å². The molecule has 1 aliphatic carbocycles. The van der Waals surface area contributed by atoms with E-state index in [9.17, 15) is 0 Å². The standard InChI is InChI=1S/C12H18N4OS/c1-8-7-10(17-2)15-11(13-8)16-12(18)14-9-5-3-4-6-9/h7,9H,3-6H2,1-2H3,(H2,13,14,15,16,18). The van der Waals surface area contributed by atoms with Gasteiger partial charge in [-0.3, -0.25) is 0 Å². The van der Waals surface area contributed by atoms with Crippen LogP contribution in [0.25, 0.3) is 0 Å². The zero-order valence-electron chi connectivity index (χ0n) is 10.7. The van der Waals surface area contributed by atoms with Crippen molar-refractivity contribution in [2.75, 3.05) is 12.4 Å². The van der Waals surface area contributed by atoms with Crippen LogP contribution in [0.4, 0.5) is 5.95 Å². The third-order valence-corrected chi connectivity index (χ3v) is 3.18. The quantitative estimate of drug-likeness (QED) is 0.816. The average molecular weight is 266 g/mol. The molecule has 18 heavy (non-hydrogen) atoms. The highest BCUT2D eigenvalue weighted by molar-refractivity contribution is 7.80. The highest BCUT2D eigenvalue weighted by Gasteiger charge is 2.15. The molecule has 0 saturated heterocycles. The second kappa shape index (κ2) is 5.95. The Labute approximate surface area is 112 Å². The molecule has 1 heterocycles. The van der Waals surface area contributed by atoms with Crippen molar-refractivity contribution >= 4 is 23.3 Å². The van der Waals surface area contributed by atoms with Crippen LogP contribution in [0.5, 0.6) is 5.88 Å². The summed E-state index contributed by atoms with van der Waals surface area (Å²) in [7, 11) is 1.58. The number of hydrogen-bond acceptors (Lipinski definition) is 4. The second-order valence-electron chi connectivity index (χ2n) is 4.46. The first-order chi connectivity index (χ1) is 8.67. The van der Waals surface area contributed by atoms with Crippen LogP contribution in [-0.4, -0.2) is 28.2 Å². The van der Waals surface area contributed by atoms with E-state index in [2.05, 4.69) is 20.6 Å². The molecule has 0 amide bonds. The summed E-state index contributed by atoms with van der Waals surface area (Å²) in [5.41, 5.74) is 0.841. The van der Waals surface area contributed by atoms with E-state index in [0.717, 1.165) is 5.69 Å². The minimum atomic E-state index is 0.474. The summed E-state index contributed by atoms with van der Waals surface area (Å²) in [5.74, 6) is 1.01. The monoisotopic (exact) mass is 266 g/mol. The fourth-order valence-electron chi connectivity index (χ4n) is 2.09. The number of aryl methyl sites for hydroxylation is 1. The molecule has 5 nitrogen and oxygen atoms in total. The average Bonchev–Trinajstić information content (AvgIpc) is 2.80. The maximum absolute atomic E-state index is 5.25. The van der Waals surface area contributed by atoms with Gasteiger partial charge >= 0.3 is 0 Å². The fraction of sp³-hybridized carbons (Fsp3) is 0.583. The van der Waals surface area contributed by atoms with Crippen LogP contribution in [0.2, 0.25) is 0 Å². The zero-order valence-corrected chi connectivity index (χ0v) is 11.5. The highest BCUT2D eigenvalue weighted by atomic mass is 32.1. The number of nitrogens with zero attached hydrogens (tertiary/aromatic N) is 2. The maximum atomic E-state index is 5.25. The van der Waals surface area contributed by atoms with Crippen molar-refractivity contribution in [1.29, 1.82) is 0 Å². The van der Waals surface area contributed by atoms with Gasteiger partial charge < -0.3 is 15.4 Å². The van der Waals surface area contributed by atoms with Gasteiger partial charge in [0.2, 0.25) is 11.8 Å². The predicted octanol–water partition coefficient (Wildman–Crippen LogP) is 2.02. The lowest BCUT2D eigenvalue weighted by molar-refractivity contribution is 0.397. The Morgan fingerprint density at radius 3 is 2.78 bits per heavy atom. The van der Waals surface area contributed by atoms with Crippen molar-refractivity contribution in [1.82, 2.24) is 15.3 Å². The molecule has 0 bridgehead atoms. The van der Waals surface area contributed by atoms with Gasteiger partial charge in [0.15, 0.2) is 5.11 Å². The van der Waals surface area contributed by atoms with Crippen LogP contribution in [0.3, 0.4) is 0 Å². The van der Waals surface area contributed by atoms with E-state index in [-0.39, 0.29) is 0 Å². The van der Waals surface area contributed by atoms with E-state index >= 15 is 0 Å². The number of methoxy groups -OCH3 is 1. The highest BCUT2D eigenvalue weighted by Crippen LogP contribution is 2.18. The van der Waals surface area contributed by atoms with Gasteiger partial charge in [0.25, 0.3) is 0 Å². The molecule has 98 valence electrons. The smallest absolute Gasteiger partial charge is 0.232 e. The Morgan fingerprint density at radius 2 is 2.11 bits per heavy atom. The molecule has 1 fully saturated rings. The number of anilines is 1. The van der Waals surface area contributed by atoms with Crippen molar-refractivity contribution < 1.29 is 4.74 Å². The van der Waals surface area contributed by atoms with Gasteiger partial charge in [0.1, 0.15) is 0 Å². The normalized spacial score (nSPS) is 15.4. The lowest BCUT2D eigenvalue weighted by Gasteiger charge is -2.15. The summed E-state index contributed by atoms with van der Waals surface area (Å²) < 4.78 is 5.10. The fourth-order valence-corrected chi connectivity index (χ4v) is 2.35. The van der Waals surface area contributed by atoms with Crippen LogP contribution in [0.15, 0.2) is 6.07 Å². The summed E-state index contributed by atoms with van der Waals surface area (Å²) >= 11 is 5.25. The Morgan fingerprint density at radius 1 is 1.39 bits per heavy atom. The molecule has 0 aromatic carbocycles. The Balaban J connectivity index is 1.95. The number of ether oxygens (including phenoxy) is 1. The first kappa shape index (κ1) is 13.0. The van der Waals surface area contributed by atoms with E-state index in [1.165, 1.54) is 25.7 Å². The molecule has 0 spiro atoms. The number of rotatable bonds is 3. The van der Waals surface area contributed by atoms with Crippen molar-refractivity contribution in [3.05, 3.63) is 11.8 Å². The molecule has 2 rings (SSSR count). The Bertz CT molecular complexity index is 432. The molecular formula is C12H18N4OS. The van der Waals surface area contributed by atoms with Gasteiger partial charge in [0.05, 0.1) is 7.11 Å². The third-order valence-electron chi connectivity index (χ3n) is 2.96. The first-order valence-electron chi connectivity index (χ1n) is 6.14. The number of thiocarbonyl (C=S) groups is 1. The van der Waals surface area contributed by atoms with Gasteiger partial charge in [-0.05, 0) is 32.0 Å². The lowest BCUT2D eigenvalue weighted by Crippen LogP contribution is -2.36. The van der Waals surface area contributed by atoms with Gasteiger partial charge in [-0.1, -0.05) is 12.8 Å². The minimum absolute atomic E-state index is 0.474. The van der Waals surface area contributed by atoms with E-state index in [1.54, 1.807) is 13.2 Å². The van der Waals surface area contributed by atoms with Gasteiger partial charge in [0, 0.05) is 17.8 Å². The number of hydrogen-bond donors (Lipinski definition) is 2. The molecule has 6 heteroatoms. The van der Waals surface area contributed by atoms with E-state index in [0.29, 0.717) is 23.0 Å².